The van der Waals surface area contributed by atoms with Crippen molar-refractivity contribution in [3.8, 4) is 17.2 Å². The van der Waals surface area contributed by atoms with Crippen LogP contribution in [0, 0.1) is 0 Å². The van der Waals surface area contributed by atoms with Gasteiger partial charge in [-0.15, -0.1) is 0 Å². The first kappa shape index (κ1) is 17.3. The highest BCUT2D eigenvalue weighted by atomic mass is 16.5. The fraction of sp³-hybridized carbons (Fsp3) is 0.100. The maximum absolute atomic E-state index is 11.8. The summed E-state index contributed by atoms with van der Waals surface area (Å²) in [5.41, 5.74) is 4.34. The average molecular weight is 349 g/mol. The van der Waals surface area contributed by atoms with E-state index < -0.39 is 0 Å². The number of rotatable bonds is 7. The quantitative estimate of drug-likeness (QED) is 0.527. The SMILES string of the molecule is COc1ccc(OCC(=O)N/N=C/c2cccn2-c2ccccc2)cc1. The Bertz CT molecular complexity index is 871. The molecule has 0 fully saturated rings. The highest BCUT2D eigenvalue weighted by Gasteiger charge is 2.03. The number of benzene rings is 2. The summed E-state index contributed by atoms with van der Waals surface area (Å²) in [7, 11) is 1.59. The number of para-hydroxylation sites is 1. The number of hydrogen-bond donors (Lipinski definition) is 1. The third kappa shape index (κ3) is 4.51. The van der Waals surface area contributed by atoms with E-state index >= 15 is 0 Å². The highest BCUT2D eigenvalue weighted by molar-refractivity contribution is 5.82. The second-order valence-corrected chi connectivity index (χ2v) is 5.40. The maximum atomic E-state index is 11.8. The third-order valence-electron chi connectivity index (χ3n) is 3.63. The van der Waals surface area contributed by atoms with E-state index in [2.05, 4.69) is 10.5 Å². The van der Waals surface area contributed by atoms with Gasteiger partial charge < -0.3 is 14.0 Å². The Labute approximate surface area is 151 Å². The number of ether oxygens (including phenoxy) is 2. The lowest BCUT2D eigenvalue weighted by Gasteiger charge is -2.07. The molecule has 1 N–H and O–H groups in total. The van der Waals surface area contributed by atoms with E-state index in [0.29, 0.717) is 5.75 Å². The minimum absolute atomic E-state index is 0.122. The number of aromatic nitrogens is 1. The van der Waals surface area contributed by atoms with Gasteiger partial charge in [-0.25, -0.2) is 5.43 Å². The Morgan fingerprint density at radius 3 is 2.50 bits per heavy atom. The zero-order chi connectivity index (χ0) is 18.2. The first-order chi connectivity index (χ1) is 12.8. The Kier molecular flexibility index (Phi) is 5.67. The first-order valence-electron chi connectivity index (χ1n) is 8.08. The van der Waals surface area contributed by atoms with Crippen LogP contribution in [0.15, 0.2) is 78.0 Å². The van der Waals surface area contributed by atoms with Crippen molar-refractivity contribution >= 4 is 12.1 Å². The van der Waals surface area contributed by atoms with Gasteiger partial charge in [0.2, 0.25) is 0 Å². The van der Waals surface area contributed by atoms with Gasteiger partial charge in [-0.2, -0.15) is 5.10 Å². The van der Waals surface area contributed by atoms with Crippen LogP contribution in [0.1, 0.15) is 5.69 Å². The van der Waals surface area contributed by atoms with Crippen molar-refractivity contribution in [2.45, 2.75) is 0 Å². The van der Waals surface area contributed by atoms with Crippen molar-refractivity contribution in [1.82, 2.24) is 9.99 Å². The van der Waals surface area contributed by atoms with E-state index in [1.165, 1.54) is 0 Å². The maximum Gasteiger partial charge on any atom is 0.277 e. The molecule has 0 aliphatic carbocycles. The molecule has 0 saturated heterocycles. The molecule has 0 unspecified atom stereocenters. The van der Waals surface area contributed by atoms with Gasteiger partial charge in [0.25, 0.3) is 5.91 Å². The minimum atomic E-state index is -0.338. The molecule has 26 heavy (non-hydrogen) atoms. The molecule has 1 amide bonds. The Hall–Kier alpha value is -3.54. The number of methoxy groups -OCH3 is 1. The summed E-state index contributed by atoms with van der Waals surface area (Å²) < 4.78 is 12.4. The molecule has 6 nitrogen and oxygen atoms in total. The van der Waals surface area contributed by atoms with Gasteiger partial charge in [-0.05, 0) is 48.5 Å². The zero-order valence-corrected chi connectivity index (χ0v) is 14.3. The monoisotopic (exact) mass is 349 g/mol. The smallest absolute Gasteiger partial charge is 0.277 e. The number of hydrazone groups is 1. The van der Waals surface area contributed by atoms with Crippen molar-refractivity contribution < 1.29 is 14.3 Å². The van der Waals surface area contributed by atoms with Gasteiger partial charge >= 0.3 is 0 Å². The molecule has 6 heteroatoms. The molecule has 2 aromatic carbocycles. The van der Waals surface area contributed by atoms with Crippen molar-refractivity contribution in [2.24, 2.45) is 5.10 Å². The average Bonchev–Trinajstić information content (AvgIpc) is 3.16. The molecule has 0 saturated carbocycles. The summed E-state index contributed by atoms with van der Waals surface area (Å²) in [4.78, 5) is 11.8. The van der Waals surface area contributed by atoms with Crippen LogP contribution in [0.25, 0.3) is 5.69 Å². The summed E-state index contributed by atoms with van der Waals surface area (Å²) >= 11 is 0. The molecule has 3 rings (SSSR count). The largest absolute Gasteiger partial charge is 0.497 e. The van der Waals surface area contributed by atoms with Gasteiger partial charge in [-0.1, -0.05) is 18.2 Å². The van der Waals surface area contributed by atoms with Gasteiger partial charge in [0.15, 0.2) is 6.61 Å². The van der Waals surface area contributed by atoms with Crippen LogP contribution in [-0.4, -0.2) is 30.4 Å². The molecule has 0 spiro atoms. The van der Waals surface area contributed by atoms with Gasteiger partial charge in [0, 0.05) is 11.9 Å². The van der Waals surface area contributed by atoms with Crippen LogP contribution < -0.4 is 14.9 Å². The van der Waals surface area contributed by atoms with Gasteiger partial charge in [0.05, 0.1) is 19.0 Å². The van der Waals surface area contributed by atoms with Crippen molar-refractivity contribution in [2.75, 3.05) is 13.7 Å². The molecular weight excluding hydrogens is 330 g/mol. The molecule has 3 aromatic rings. The van der Waals surface area contributed by atoms with Gasteiger partial charge in [0.1, 0.15) is 11.5 Å². The van der Waals surface area contributed by atoms with Crippen LogP contribution >= 0.6 is 0 Å². The Balaban J connectivity index is 1.52. The second kappa shape index (κ2) is 8.53. The summed E-state index contributed by atoms with van der Waals surface area (Å²) in [6.07, 6.45) is 3.53. The van der Waals surface area contributed by atoms with Crippen LogP contribution in [0.3, 0.4) is 0 Å². The number of nitrogens with one attached hydrogen (secondary N) is 1. The lowest BCUT2D eigenvalue weighted by Crippen LogP contribution is -2.24. The highest BCUT2D eigenvalue weighted by Crippen LogP contribution is 2.16. The summed E-state index contributed by atoms with van der Waals surface area (Å²) in [6.45, 7) is -0.122. The van der Waals surface area contributed by atoms with Crippen LogP contribution in [-0.2, 0) is 4.79 Å². The van der Waals surface area contributed by atoms with Gasteiger partial charge in [-0.3, -0.25) is 4.79 Å². The number of hydrogen-bond acceptors (Lipinski definition) is 4. The predicted octanol–water partition coefficient (Wildman–Crippen LogP) is 3.02. The standard InChI is InChI=1S/C20H19N3O3/c1-25-18-9-11-19(12-10-18)26-15-20(24)22-21-14-17-8-5-13-23(17)16-6-3-2-4-7-16/h2-14H,15H2,1H3,(H,22,24)/b21-14+. The molecule has 0 aliphatic rings. The molecule has 1 heterocycles. The lowest BCUT2D eigenvalue weighted by atomic mass is 10.3. The minimum Gasteiger partial charge on any atom is -0.497 e. The van der Waals surface area contributed by atoms with E-state index in [9.17, 15) is 4.79 Å². The molecule has 0 bridgehead atoms. The third-order valence-corrected chi connectivity index (χ3v) is 3.63. The van der Waals surface area contributed by atoms with Crippen LogP contribution in [0.4, 0.5) is 0 Å². The van der Waals surface area contributed by atoms with E-state index in [4.69, 9.17) is 9.47 Å². The number of amides is 1. The molecular formula is C20H19N3O3. The Morgan fingerprint density at radius 1 is 1.04 bits per heavy atom. The fourth-order valence-corrected chi connectivity index (χ4v) is 2.35. The van der Waals surface area contributed by atoms with Crippen molar-refractivity contribution in [3.63, 3.8) is 0 Å². The van der Waals surface area contributed by atoms with Crippen molar-refractivity contribution in [3.05, 3.63) is 78.6 Å². The summed E-state index contributed by atoms with van der Waals surface area (Å²) in [6, 6.07) is 20.7. The number of nitrogens with zero attached hydrogens (tertiary/aromatic N) is 2. The molecule has 0 atom stereocenters. The zero-order valence-electron chi connectivity index (χ0n) is 14.3. The van der Waals surface area contributed by atoms with Crippen LogP contribution in [0.5, 0.6) is 11.5 Å². The summed E-state index contributed by atoms with van der Waals surface area (Å²) in [5, 5.41) is 3.99. The fourth-order valence-electron chi connectivity index (χ4n) is 2.35. The predicted molar refractivity (Wildman–Crippen MR) is 100.0 cm³/mol. The normalized spacial score (nSPS) is 10.7. The summed E-state index contributed by atoms with van der Waals surface area (Å²) in [5.74, 6) is 0.977. The van der Waals surface area contributed by atoms with E-state index in [-0.39, 0.29) is 12.5 Å². The topological polar surface area (TPSA) is 64.8 Å². The second-order valence-electron chi connectivity index (χ2n) is 5.40. The molecule has 132 valence electrons. The van der Waals surface area contributed by atoms with E-state index in [0.717, 1.165) is 17.1 Å². The molecule has 1 aromatic heterocycles. The van der Waals surface area contributed by atoms with E-state index in [1.54, 1.807) is 37.6 Å². The molecule has 0 aliphatic heterocycles. The first-order valence-corrected chi connectivity index (χ1v) is 8.08. The Morgan fingerprint density at radius 2 is 1.77 bits per heavy atom. The number of carbonyl (C=O) groups is 1. The van der Waals surface area contributed by atoms with E-state index in [1.807, 2.05) is 53.2 Å². The van der Waals surface area contributed by atoms with Crippen molar-refractivity contribution in [1.29, 1.82) is 0 Å². The molecule has 0 radical (unpaired) electrons. The number of carbonyl (C=O) groups excluding carboxylic acids is 1. The van der Waals surface area contributed by atoms with Crippen LogP contribution in [0.2, 0.25) is 0 Å². The lowest BCUT2D eigenvalue weighted by molar-refractivity contribution is -0.123.